The molecule has 4 nitrogen and oxygen atoms in total. The van der Waals surface area contributed by atoms with Crippen LogP contribution in [0.5, 0.6) is 5.75 Å². The van der Waals surface area contributed by atoms with Crippen molar-refractivity contribution in [3.63, 3.8) is 0 Å². The molecular weight excluding hydrogens is 288 g/mol. The van der Waals surface area contributed by atoms with E-state index in [1.54, 1.807) is 12.1 Å². The summed E-state index contributed by atoms with van der Waals surface area (Å²) < 4.78 is 5.75. The number of carbonyl (C=O) groups is 1. The summed E-state index contributed by atoms with van der Waals surface area (Å²) in [6, 6.07) is 17.3. The van der Waals surface area contributed by atoms with E-state index in [4.69, 9.17) is 10.5 Å². The zero-order valence-electron chi connectivity index (χ0n) is 13.1. The van der Waals surface area contributed by atoms with Gasteiger partial charge >= 0.3 is 0 Å². The fourth-order valence-corrected chi connectivity index (χ4v) is 2.47. The van der Waals surface area contributed by atoms with Gasteiger partial charge in [0.05, 0.1) is 0 Å². The molecule has 3 N–H and O–H groups in total. The summed E-state index contributed by atoms with van der Waals surface area (Å²) in [6.45, 7) is 1.01. The minimum Gasteiger partial charge on any atom is -0.489 e. The third kappa shape index (κ3) is 4.57. The molecule has 1 fully saturated rings. The lowest BCUT2D eigenvalue weighted by molar-refractivity contribution is 0.0950. The molecule has 1 amide bonds. The minimum absolute atomic E-state index is 0.0662. The second-order valence-electron chi connectivity index (χ2n) is 6.01. The third-order valence-electron chi connectivity index (χ3n) is 4.07. The van der Waals surface area contributed by atoms with E-state index in [1.165, 1.54) is 12.8 Å². The summed E-state index contributed by atoms with van der Waals surface area (Å²) in [5.41, 5.74) is 7.70. The van der Waals surface area contributed by atoms with Crippen molar-refractivity contribution in [1.82, 2.24) is 5.32 Å². The van der Waals surface area contributed by atoms with Crippen LogP contribution in [0, 0.1) is 5.92 Å². The quantitative estimate of drug-likeness (QED) is 0.826. The highest BCUT2D eigenvalue weighted by Gasteiger charge is 2.28. The smallest absolute Gasteiger partial charge is 0.251 e. The highest BCUT2D eigenvalue weighted by Crippen LogP contribution is 2.31. The molecule has 0 heterocycles. The van der Waals surface area contributed by atoms with Crippen LogP contribution in [0.2, 0.25) is 0 Å². The Hall–Kier alpha value is -2.33. The van der Waals surface area contributed by atoms with Crippen LogP contribution in [0.15, 0.2) is 54.6 Å². The molecule has 0 bridgehead atoms. The van der Waals surface area contributed by atoms with E-state index >= 15 is 0 Å². The normalized spacial score (nSPS) is 15.0. The van der Waals surface area contributed by atoms with E-state index in [9.17, 15) is 4.79 Å². The maximum atomic E-state index is 12.2. The molecule has 1 atom stereocenters. The molecule has 23 heavy (non-hydrogen) atoms. The second-order valence-corrected chi connectivity index (χ2v) is 6.01. The molecule has 1 saturated carbocycles. The van der Waals surface area contributed by atoms with Gasteiger partial charge in [-0.05, 0) is 42.5 Å². The Labute approximate surface area is 136 Å². The fourth-order valence-electron chi connectivity index (χ4n) is 2.47. The molecule has 1 aliphatic carbocycles. The average molecular weight is 310 g/mol. The Morgan fingerprint density at radius 1 is 1.17 bits per heavy atom. The van der Waals surface area contributed by atoms with Gasteiger partial charge in [0, 0.05) is 18.2 Å². The van der Waals surface area contributed by atoms with Gasteiger partial charge in [0.1, 0.15) is 12.4 Å². The van der Waals surface area contributed by atoms with Crippen molar-refractivity contribution in [2.75, 3.05) is 6.54 Å². The van der Waals surface area contributed by atoms with Gasteiger partial charge in [-0.15, -0.1) is 0 Å². The van der Waals surface area contributed by atoms with Gasteiger partial charge in [-0.1, -0.05) is 36.4 Å². The van der Waals surface area contributed by atoms with Crippen molar-refractivity contribution in [3.05, 3.63) is 65.7 Å². The number of ether oxygens (including phenoxy) is 1. The monoisotopic (exact) mass is 310 g/mol. The molecule has 2 aromatic carbocycles. The van der Waals surface area contributed by atoms with Crippen molar-refractivity contribution >= 4 is 5.91 Å². The maximum Gasteiger partial charge on any atom is 0.251 e. The molecule has 0 spiro atoms. The van der Waals surface area contributed by atoms with E-state index in [2.05, 4.69) is 5.32 Å². The van der Waals surface area contributed by atoms with Gasteiger partial charge in [-0.2, -0.15) is 0 Å². The molecule has 4 heteroatoms. The van der Waals surface area contributed by atoms with Crippen LogP contribution in [0.3, 0.4) is 0 Å². The first-order chi connectivity index (χ1) is 11.2. The number of hydrogen-bond donors (Lipinski definition) is 2. The number of benzene rings is 2. The second kappa shape index (κ2) is 7.29. The van der Waals surface area contributed by atoms with Gasteiger partial charge in [0.2, 0.25) is 0 Å². The molecular formula is C19H22N2O2. The minimum atomic E-state index is -0.105. The summed E-state index contributed by atoms with van der Waals surface area (Å²) in [4.78, 5) is 12.2. The number of amides is 1. The summed E-state index contributed by atoms with van der Waals surface area (Å²) in [6.07, 6.45) is 2.36. The highest BCUT2D eigenvalue weighted by molar-refractivity contribution is 5.94. The lowest BCUT2D eigenvalue weighted by Gasteiger charge is -2.12. The van der Waals surface area contributed by atoms with E-state index < -0.39 is 0 Å². The Bertz CT molecular complexity index is 653. The zero-order valence-corrected chi connectivity index (χ0v) is 13.1. The van der Waals surface area contributed by atoms with E-state index in [-0.39, 0.29) is 11.9 Å². The Kier molecular flexibility index (Phi) is 4.93. The predicted octanol–water partition coefficient (Wildman–Crippen LogP) is 2.73. The topological polar surface area (TPSA) is 64.3 Å². The first-order valence-corrected chi connectivity index (χ1v) is 8.03. The van der Waals surface area contributed by atoms with Crippen LogP contribution in [-0.4, -0.2) is 18.5 Å². The number of hydrogen-bond acceptors (Lipinski definition) is 3. The van der Waals surface area contributed by atoms with E-state index in [0.29, 0.717) is 30.4 Å². The molecule has 1 unspecified atom stereocenters. The molecule has 0 aliphatic heterocycles. The molecule has 3 rings (SSSR count). The first-order valence-electron chi connectivity index (χ1n) is 8.03. The summed E-state index contributed by atoms with van der Waals surface area (Å²) in [5.74, 6) is 1.16. The summed E-state index contributed by atoms with van der Waals surface area (Å²) >= 11 is 0. The Balaban J connectivity index is 1.54. The van der Waals surface area contributed by atoms with Crippen LogP contribution in [-0.2, 0) is 6.61 Å². The van der Waals surface area contributed by atoms with Crippen LogP contribution in [0.4, 0.5) is 0 Å². The van der Waals surface area contributed by atoms with Gasteiger partial charge in [-0.3, -0.25) is 4.79 Å². The molecule has 0 aromatic heterocycles. The van der Waals surface area contributed by atoms with E-state index in [1.807, 2.05) is 42.5 Å². The van der Waals surface area contributed by atoms with Crippen LogP contribution >= 0.6 is 0 Å². The third-order valence-corrected chi connectivity index (χ3v) is 4.07. The maximum absolute atomic E-state index is 12.2. The van der Waals surface area contributed by atoms with Gasteiger partial charge in [-0.25, -0.2) is 0 Å². The van der Waals surface area contributed by atoms with Gasteiger partial charge < -0.3 is 15.8 Å². The zero-order chi connectivity index (χ0) is 16.1. The van der Waals surface area contributed by atoms with Crippen molar-refractivity contribution < 1.29 is 9.53 Å². The first kappa shape index (κ1) is 15.6. The summed E-state index contributed by atoms with van der Waals surface area (Å²) in [7, 11) is 0. The summed E-state index contributed by atoms with van der Waals surface area (Å²) in [5, 5.41) is 2.90. The predicted molar refractivity (Wildman–Crippen MR) is 90.2 cm³/mol. The van der Waals surface area contributed by atoms with Crippen molar-refractivity contribution in [2.45, 2.75) is 25.5 Å². The molecule has 1 aliphatic rings. The SMILES string of the molecule is NC(CNC(=O)c1cccc(OCc2ccccc2)c1)C1CC1. The molecule has 0 saturated heterocycles. The molecule has 2 aromatic rings. The van der Waals surface area contributed by atoms with Crippen LogP contribution in [0.25, 0.3) is 0 Å². The standard InChI is InChI=1S/C19H22N2O2/c20-18(15-9-10-15)12-21-19(22)16-7-4-8-17(11-16)23-13-14-5-2-1-3-6-14/h1-8,11,15,18H,9-10,12-13,20H2,(H,21,22). The molecule has 0 radical (unpaired) electrons. The van der Waals surface area contributed by atoms with Crippen LogP contribution in [0.1, 0.15) is 28.8 Å². The van der Waals surface area contributed by atoms with E-state index in [0.717, 1.165) is 5.56 Å². The highest BCUT2D eigenvalue weighted by atomic mass is 16.5. The lowest BCUT2D eigenvalue weighted by Crippen LogP contribution is -2.38. The van der Waals surface area contributed by atoms with Gasteiger partial charge in [0.25, 0.3) is 5.91 Å². The Morgan fingerprint density at radius 3 is 2.70 bits per heavy atom. The lowest BCUT2D eigenvalue weighted by atomic mass is 10.1. The molecule has 120 valence electrons. The number of nitrogens with one attached hydrogen (secondary N) is 1. The van der Waals surface area contributed by atoms with Crippen molar-refractivity contribution in [3.8, 4) is 5.75 Å². The number of rotatable bonds is 7. The Morgan fingerprint density at radius 2 is 1.96 bits per heavy atom. The van der Waals surface area contributed by atoms with Crippen LogP contribution < -0.4 is 15.8 Å². The van der Waals surface area contributed by atoms with Gasteiger partial charge in [0.15, 0.2) is 0 Å². The largest absolute Gasteiger partial charge is 0.489 e. The number of nitrogens with two attached hydrogens (primary N) is 1. The van der Waals surface area contributed by atoms with Crippen molar-refractivity contribution in [1.29, 1.82) is 0 Å². The number of carbonyl (C=O) groups excluding carboxylic acids is 1. The average Bonchev–Trinajstić information content (AvgIpc) is 3.44. The van der Waals surface area contributed by atoms with Crippen molar-refractivity contribution in [2.24, 2.45) is 11.7 Å². The fraction of sp³-hybridized carbons (Fsp3) is 0.316.